The van der Waals surface area contributed by atoms with Crippen molar-refractivity contribution in [2.75, 3.05) is 0 Å². The van der Waals surface area contributed by atoms with Gasteiger partial charge in [-0.25, -0.2) is 9.79 Å². The number of hydrogen-bond acceptors (Lipinski definition) is 6. The molecule has 0 bridgehead atoms. The van der Waals surface area contributed by atoms with Gasteiger partial charge >= 0.3 is 12.6 Å². The average Bonchev–Trinajstić information content (AvgIpc) is 2.95. The maximum Gasteiger partial charge on any atom is 0.387 e. The van der Waals surface area contributed by atoms with Gasteiger partial charge in [-0.05, 0) is 23.8 Å². The highest BCUT2D eigenvalue weighted by atomic mass is 19.3. The van der Waals surface area contributed by atoms with Crippen LogP contribution in [-0.2, 0) is 9.53 Å². The van der Waals surface area contributed by atoms with Gasteiger partial charge in [0.2, 0.25) is 5.90 Å². The zero-order valence-electron chi connectivity index (χ0n) is 13.0. The van der Waals surface area contributed by atoms with Crippen LogP contribution >= 0.6 is 0 Å². The summed E-state index contributed by atoms with van der Waals surface area (Å²) in [5.74, 6) is -1.19. The third-order valence-electron chi connectivity index (χ3n) is 3.34. The first kappa shape index (κ1) is 17.2. The van der Waals surface area contributed by atoms with Crippen molar-refractivity contribution in [3.8, 4) is 5.75 Å². The van der Waals surface area contributed by atoms with E-state index in [0.29, 0.717) is 5.56 Å². The molecule has 1 aliphatic heterocycles. The predicted octanol–water partition coefficient (Wildman–Crippen LogP) is 3.54. The van der Waals surface area contributed by atoms with Crippen molar-refractivity contribution in [3.63, 3.8) is 0 Å². The van der Waals surface area contributed by atoms with Crippen molar-refractivity contribution < 1.29 is 28.0 Å². The van der Waals surface area contributed by atoms with Gasteiger partial charge in [0, 0.05) is 12.1 Å². The summed E-state index contributed by atoms with van der Waals surface area (Å²) >= 11 is 0. The Balaban J connectivity index is 1.95. The van der Waals surface area contributed by atoms with Crippen molar-refractivity contribution in [2.45, 2.75) is 6.61 Å². The van der Waals surface area contributed by atoms with Crippen LogP contribution in [-0.4, -0.2) is 23.4 Å². The van der Waals surface area contributed by atoms with E-state index in [4.69, 9.17) is 4.74 Å². The van der Waals surface area contributed by atoms with Crippen LogP contribution in [0.25, 0.3) is 6.08 Å². The third kappa shape index (κ3) is 3.72. The summed E-state index contributed by atoms with van der Waals surface area (Å²) in [6.07, 6.45) is 1.30. The number of para-hydroxylation sites is 1. The summed E-state index contributed by atoms with van der Waals surface area (Å²) in [6.45, 7) is -3.05. The van der Waals surface area contributed by atoms with Gasteiger partial charge in [-0.2, -0.15) is 8.78 Å². The number of alkyl halides is 2. The Hall–Kier alpha value is -3.62. The average molecular weight is 360 g/mol. The van der Waals surface area contributed by atoms with E-state index < -0.39 is 17.5 Å². The molecule has 0 unspecified atom stereocenters. The minimum atomic E-state index is -3.05. The molecule has 9 heteroatoms. The molecule has 132 valence electrons. The topological polar surface area (TPSA) is 91.0 Å². The van der Waals surface area contributed by atoms with Crippen molar-refractivity contribution in [3.05, 3.63) is 75.5 Å². The van der Waals surface area contributed by atoms with Gasteiger partial charge in [0.05, 0.1) is 10.5 Å². The lowest BCUT2D eigenvalue weighted by Gasteiger charge is -2.08. The van der Waals surface area contributed by atoms with E-state index in [0.717, 1.165) is 0 Å². The number of halogens is 2. The van der Waals surface area contributed by atoms with Gasteiger partial charge < -0.3 is 9.47 Å². The second kappa shape index (κ2) is 7.09. The van der Waals surface area contributed by atoms with Crippen LogP contribution in [0.1, 0.15) is 11.1 Å². The first-order chi connectivity index (χ1) is 12.4. The molecule has 0 aromatic heterocycles. The predicted molar refractivity (Wildman–Crippen MR) is 86.8 cm³/mol. The van der Waals surface area contributed by atoms with E-state index in [1.807, 2.05) is 0 Å². The van der Waals surface area contributed by atoms with Crippen molar-refractivity contribution in [2.24, 2.45) is 4.99 Å². The molecule has 26 heavy (non-hydrogen) atoms. The molecular formula is C17H10F2N2O5. The molecule has 7 nitrogen and oxygen atoms in total. The highest BCUT2D eigenvalue weighted by Crippen LogP contribution is 2.26. The van der Waals surface area contributed by atoms with Gasteiger partial charge in [-0.15, -0.1) is 0 Å². The number of ether oxygens (including phenoxy) is 2. The van der Waals surface area contributed by atoms with Gasteiger partial charge in [0.1, 0.15) is 5.75 Å². The quantitative estimate of drug-likeness (QED) is 0.352. The largest absolute Gasteiger partial charge is 0.434 e. The van der Waals surface area contributed by atoms with Crippen LogP contribution in [0, 0.1) is 10.1 Å². The van der Waals surface area contributed by atoms with Crippen LogP contribution in [0.4, 0.5) is 14.5 Å². The van der Waals surface area contributed by atoms with Gasteiger partial charge in [0.15, 0.2) is 5.70 Å². The first-order valence-electron chi connectivity index (χ1n) is 7.25. The Morgan fingerprint density at radius 2 is 1.96 bits per heavy atom. The van der Waals surface area contributed by atoms with Crippen LogP contribution in [0.2, 0.25) is 0 Å². The first-order valence-corrected chi connectivity index (χ1v) is 7.25. The molecule has 0 saturated heterocycles. The van der Waals surface area contributed by atoms with E-state index >= 15 is 0 Å². The maximum absolute atomic E-state index is 12.5. The lowest BCUT2D eigenvalue weighted by Crippen LogP contribution is -2.10. The van der Waals surface area contributed by atoms with Crippen molar-refractivity contribution in [1.82, 2.24) is 0 Å². The molecule has 3 rings (SSSR count). The van der Waals surface area contributed by atoms with Crippen LogP contribution < -0.4 is 4.74 Å². The molecule has 0 saturated carbocycles. The Bertz CT molecular complexity index is 940. The fourth-order valence-corrected chi connectivity index (χ4v) is 2.25. The van der Waals surface area contributed by atoms with E-state index in [1.54, 1.807) is 12.1 Å². The second-order valence-electron chi connectivity index (χ2n) is 5.06. The number of nitro groups is 1. The van der Waals surface area contributed by atoms with Crippen LogP contribution in [0.5, 0.6) is 5.75 Å². The van der Waals surface area contributed by atoms with Gasteiger partial charge in [-0.1, -0.05) is 24.3 Å². The molecule has 0 fully saturated rings. The molecule has 0 radical (unpaired) electrons. The number of esters is 1. The number of carbonyl (C=O) groups is 1. The lowest BCUT2D eigenvalue weighted by atomic mass is 10.1. The van der Waals surface area contributed by atoms with E-state index in [2.05, 4.69) is 9.73 Å². The van der Waals surface area contributed by atoms with Gasteiger partial charge in [0.25, 0.3) is 5.69 Å². The van der Waals surface area contributed by atoms with E-state index in [1.165, 1.54) is 42.5 Å². The number of rotatable bonds is 5. The Morgan fingerprint density at radius 3 is 2.69 bits per heavy atom. The summed E-state index contributed by atoms with van der Waals surface area (Å²) in [7, 11) is 0. The number of hydrogen-bond donors (Lipinski definition) is 0. The van der Waals surface area contributed by atoms with E-state index in [9.17, 15) is 23.7 Å². The highest BCUT2D eigenvalue weighted by molar-refractivity contribution is 6.13. The minimum Gasteiger partial charge on any atom is -0.434 e. The monoisotopic (exact) mass is 360 g/mol. The van der Waals surface area contributed by atoms with E-state index in [-0.39, 0.29) is 28.6 Å². The zero-order chi connectivity index (χ0) is 18.7. The molecular weight excluding hydrogens is 350 g/mol. The summed E-state index contributed by atoms with van der Waals surface area (Å²) in [6, 6.07) is 11.3. The van der Waals surface area contributed by atoms with Crippen LogP contribution in [0.15, 0.2) is 59.2 Å². The zero-order valence-corrected chi connectivity index (χ0v) is 13.0. The number of cyclic esters (lactones) is 1. The SMILES string of the molecule is O=C1OC(c2ccccc2OC(F)F)=N/C1=C\c1cccc([N+](=O)[O-])c1. The molecule has 1 heterocycles. The highest BCUT2D eigenvalue weighted by Gasteiger charge is 2.27. The summed E-state index contributed by atoms with van der Waals surface area (Å²) < 4.78 is 34.4. The molecule has 0 aliphatic carbocycles. The number of nitro benzene ring substituents is 1. The molecule has 0 atom stereocenters. The Morgan fingerprint density at radius 1 is 1.19 bits per heavy atom. The molecule has 0 amide bonds. The Kier molecular flexibility index (Phi) is 4.70. The van der Waals surface area contributed by atoms with Crippen LogP contribution in [0.3, 0.4) is 0 Å². The third-order valence-corrected chi connectivity index (χ3v) is 3.34. The maximum atomic E-state index is 12.5. The smallest absolute Gasteiger partial charge is 0.387 e. The molecule has 0 spiro atoms. The summed E-state index contributed by atoms with van der Waals surface area (Å²) in [5, 5.41) is 10.8. The Labute approximate surface area is 145 Å². The molecule has 2 aromatic carbocycles. The summed E-state index contributed by atoms with van der Waals surface area (Å²) in [5.41, 5.74) is 0.190. The lowest BCUT2D eigenvalue weighted by molar-refractivity contribution is -0.384. The normalized spacial score (nSPS) is 15.1. The standard InChI is InChI=1S/C17H10F2N2O5/c18-17(19)25-14-7-2-1-6-12(14)15-20-13(16(22)26-15)9-10-4-3-5-11(8-10)21(23)24/h1-9,17H/b13-9-. The molecule has 1 aliphatic rings. The number of nitrogens with zero attached hydrogens (tertiary/aromatic N) is 2. The second-order valence-corrected chi connectivity index (χ2v) is 5.06. The fraction of sp³-hybridized carbons (Fsp3) is 0.0588. The van der Waals surface area contributed by atoms with Crippen molar-refractivity contribution in [1.29, 1.82) is 0 Å². The van der Waals surface area contributed by atoms with Gasteiger partial charge in [-0.3, -0.25) is 10.1 Å². The minimum absolute atomic E-state index is 0.0867. The number of non-ortho nitro benzene ring substituents is 1. The number of benzene rings is 2. The van der Waals surface area contributed by atoms with Crippen molar-refractivity contribution >= 4 is 23.6 Å². The molecule has 0 N–H and O–H groups in total. The number of carbonyl (C=O) groups excluding carboxylic acids is 1. The summed E-state index contributed by atoms with van der Waals surface area (Å²) in [4.78, 5) is 26.2. The number of aliphatic imine (C=N–C) groups is 1. The fourth-order valence-electron chi connectivity index (χ4n) is 2.25. The molecule has 2 aromatic rings.